The van der Waals surface area contributed by atoms with Crippen molar-refractivity contribution in [1.29, 1.82) is 0 Å². The average Bonchev–Trinajstić information content (AvgIpc) is 2.36. The first-order chi connectivity index (χ1) is 9.22. The van der Waals surface area contributed by atoms with Crippen molar-refractivity contribution in [2.24, 2.45) is 5.41 Å². The first kappa shape index (κ1) is 18.6. The van der Waals surface area contributed by atoms with Gasteiger partial charge in [-0.15, -0.1) is 0 Å². The second kappa shape index (κ2) is 8.73. The fraction of sp³-hybridized carbons (Fsp3) is 0.526. The molecule has 0 amide bonds. The summed E-state index contributed by atoms with van der Waals surface area (Å²) in [7, 11) is 0. The molecule has 112 valence electrons. The van der Waals surface area contributed by atoms with Crippen LogP contribution >= 0.6 is 0 Å². The van der Waals surface area contributed by atoms with Crippen LogP contribution in [-0.2, 0) is 4.79 Å². The number of hydrogen-bond acceptors (Lipinski definition) is 1. The van der Waals surface area contributed by atoms with Gasteiger partial charge in [-0.05, 0) is 44.6 Å². The minimum Gasteiger partial charge on any atom is -0.298 e. The molecule has 0 saturated carbocycles. The fourth-order valence-electron chi connectivity index (χ4n) is 2.06. The molecule has 0 aromatic rings. The van der Waals surface area contributed by atoms with E-state index in [1.54, 1.807) is 6.92 Å². The highest BCUT2D eigenvalue weighted by Crippen LogP contribution is 2.32. The minimum absolute atomic E-state index is 0.217. The molecular weight excluding hydrogens is 244 g/mol. The van der Waals surface area contributed by atoms with Gasteiger partial charge in [0.05, 0.1) is 0 Å². The molecule has 0 aromatic heterocycles. The zero-order chi connectivity index (χ0) is 15.8. The zero-order valence-electron chi connectivity index (χ0n) is 14.2. The van der Waals surface area contributed by atoms with E-state index in [1.807, 2.05) is 12.2 Å². The summed E-state index contributed by atoms with van der Waals surface area (Å²) >= 11 is 0. The van der Waals surface area contributed by atoms with Gasteiger partial charge in [0.1, 0.15) is 6.29 Å². The monoisotopic (exact) mass is 274 g/mol. The molecule has 0 heterocycles. The lowest BCUT2D eigenvalue weighted by molar-refractivity contribution is -0.104. The highest BCUT2D eigenvalue weighted by Gasteiger charge is 2.17. The summed E-state index contributed by atoms with van der Waals surface area (Å²) in [6.07, 6.45) is 11.1. The van der Waals surface area contributed by atoms with Gasteiger partial charge < -0.3 is 0 Å². The largest absolute Gasteiger partial charge is 0.298 e. The maximum absolute atomic E-state index is 10.5. The first-order valence-corrected chi connectivity index (χ1v) is 7.38. The number of hydrogen-bond donors (Lipinski definition) is 0. The maximum Gasteiger partial charge on any atom is 0.145 e. The summed E-state index contributed by atoms with van der Waals surface area (Å²) in [4.78, 5) is 10.5. The van der Waals surface area contributed by atoms with Crippen molar-refractivity contribution in [3.63, 3.8) is 0 Å². The highest BCUT2D eigenvalue weighted by molar-refractivity contribution is 5.72. The van der Waals surface area contributed by atoms with Crippen molar-refractivity contribution in [2.45, 2.75) is 61.3 Å². The standard InChI is InChI=1S/C19H30O/c1-8-17(4)18(19(5,6)7)13-12-15(2)10-9-11-16(3)14-20/h9-12,14H,8,13H2,1-7H3/b10-9+,15-12+,16-11+,18-17-. The summed E-state index contributed by atoms with van der Waals surface area (Å²) in [5.41, 5.74) is 5.19. The molecule has 0 atom stereocenters. The van der Waals surface area contributed by atoms with Crippen molar-refractivity contribution < 1.29 is 4.79 Å². The summed E-state index contributed by atoms with van der Waals surface area (Å²) in [5.74, 6) is 0. The molecule has 0 rings (SSSR count). The molecule has 0 fully saturated rings. The molecule has 0 unspecified atom stereocenters. The molecular formula is C19H30O. The van der Waals surface area contributed by atoms with E-state index in [4.69, 9.17) is 0 Å². The molecule has 0 radical (unpaired) electrons. The molecule has 0 aliphatic rings. The third kappa shape index (κ3) is 7.28. The summed E-state index contributed by atoms with van der Waals surface area (Å²) < 4.78 is 0. The second-order valence-electron chi connectivity index (χ2n) is 6.40. The molecule has 1 nitrogen and oxygen atoms in total. The molecule has 0 saturated heterocycles. The summed E-state index contributed by atoms with van der Waals surface area (Å²) in [6, 6.07) is 0. The van der Waals surface area contributed by atoms with Crippen LogP contribution in [0.5, 0.6) is 0 Å². The van der Waals surface area contributed by atoms with Crippen LogP contribution in [-0.4, -0.2) is 6.29 Å². The van der Waals surface area contributed by atoms with Crippen LogP contribution in [0.1, 0.15) is 61.3 Å². The Kier molecular flexibility index (Phi) is 8.13. The van der Waals surface area contributed by atoms with Crippen molar-refractivity contribution >= 4 is 6.29 Å². The van der Waals surface area contributed by atoms with Gasteiger partial charge in [0.15, 0.2) is 0 Å². The second-order valence-corrected chi connectivity index (χ2v) is 6.40. The fourth-order valence-corrected chi connectivity index (χ4v) is 2.06. The number of allylic oxidation sites excluding steroid dienone is 8. The topological polar surface area (TPSA) is 17.1 Å². The molecule has 0 aliphatic carbocycles. The van der Waals surface area contributed by atoms with Gasteiger partial charge in [-0.1, -0.05) is 68.7 Å². The molecule has 0 N–H and O–H groups in total. The lowest BCUT2D eigenvalue weighted by atomic mass is 9.81. The van der Waals surface area contributed by atoms with E-state index in [9.17, 15) is 4.79 Å². The van der Waals surface area contributed by atoms with E-state index in [0.717, 1.165) is 24.7 Å². The molecule has 0 spiro atoms. The number of aldehydes is 1. The van der Waals surface area contributed by atoms with Crippen molar-refractivity contribution in [2.75, 3.05) is 0 Å². The van der Waals surface area contributed by atoms with Gasteiger partial charge in [-0.3, -0.25) is 4.79 Å². The van der Waals surface area contributed by atoms with E-state index in [2.05, 4.69) is 53.7 Å². The number of carbonyl (C=O) groups is 1. The average molecular weight is 274 g/mol. The Morgan fingerprint density at radius 1 is 1.05 bits per heavy atom. The first-order valence-electron chi connectivity index (χ1n) is 7.38. The minimum atomic E-state index is 0.217. The van der Waals surface area contributed by atoms with Crippen LogP contribution in [0.4, 0.5) is 0 Å². The quantitative estimate of drug-likeness (QED) is 0.259. The van der Waals surface area contributed by atoms with Crippen LogP contribution in [0.15, 0.2) is 46.6 Å². The maximum atomic E-state index is 10.5. The third-order valence-electron chi connectivity index (χ3n) is 3.48. The smallest absolute Gasteiger partial charge is 0.145 e. The van der Waals surface area contributed by atoms with Crippen molar-refractivity contribution in [3.8, 4) is 0 Å². The Hall–Kier alpha value is -1.37. The van der Waals surface area contributed by atoms with E-state index in [0.29, 0.717) is 0 Å². The zero-order valence-corrected chi connectivity index (χ0v) is 14.2. The Bertz CT molecular complexity index is 437. The van der Waals surface area contributed by atoms with Crippen LogP contribution in [0.25, 0.3) is 0 Å². The number of carbonyl (C=O) groups excluding carboxylic acids is 1. The lowest BCUT2D eigenvalue weighted by Crippen LogP contribution is -2.11. The van der Waals surface area contributed by atoms with Crippen LogP contribution in [0, 0.1) is 5.41 Å². The Balaban J connectivity index is 4.95. The van der Waals surface area contributed by atoms with E-state index < -0.39 is 0 Å². The highest BCUT2D eigenvalue weighted by atomic mass is 16.1. The summed E-state index contributed by atoms with van der Waals surface area (Å²) in [5, 5.41) is 0. The van der Waals surface area contributed by atoms with Crippen molar-refractivity contribution in [3.05, 3.63) is 46.6 Å². The normalized spacial score (nSPS) is 15.6. The van der Waals surface area contributed by atoms with Crippen molar-refractivity contribution in [1.82, 2.24) is 0 Å². The molecule has 20 heavy (non-hydrogen) atoms. The molecule has 0 aliphatic heterocycles. The van der Waals surface area contributed by atoms with E-state index in [1.165, 1.54) is 16.7 Å². The lowest BCUT2D eigenvalue weighted by Gasteiger charge is -2.25. The van der Waals surface area contributed by atoms with Gasteiger partial charge in [0.25, 0.3) is 0 Å². The van der Waals surface area contributed by atoms with Gasteiger partial charge >= 0.3 is 0 Å². The molecule has 0 aromatic carbocycles. The van der Waals surface area contributed by atoms with E-state index in [-0.39, 0.29) is 5.41 Å². The predicted molar refractivity (Wildman–Crippen MR) is 89.8 cm³/mol. The Morgan fingerprint density at radius 3 is 2.10 bits per heavy atom. The van der Waals surface area contributed by atoms with Gasteiger partial charge in [0, 0.05) is 0 Å². The molecule has 1 heteroatoms. The SMILES string of the molecule is CC/C(C)=C(/C/C=C(C)/C=C/C=C(\C)C=O)C(C)(C)C. The Morgan fingerprint density at radius 2 is 1.65 bits per heavy atom. The van der Waals surface area contributed by atoms with Crippen LogP contribution in [0.3, 0.4) is 0 Å². The van der Waals surface area contributed by atoms with Gasteiger partial charge in [-0.25, -0.2) is 0 Å². The Labute approximate surface area is 125 Å². The third-order valence-corrected chi connectivity index (χ3v) is 3.48. The van der Waals surface area contributed by atoms with E-state index >= 15 is 0 Å². The van der Waals surface area contributed by atoms with Crippen LogP contribution in [0.2, 0.25) is 0 Å². The number of rotatable bonds is 6. The van der Waals surface area contributed by atoms with Gasteiger partial charge in [-0.2, -0.15) is 0 Å². The van der Waals surface area contributed by atoms with Gasteiger partial charge in [0.2, 0.25) is 0 Å². The van der Waals surface area contributed by atoms with Crippen LogP contribution < -0.4 is 0 Å². The molecule has 0 bridgehead atoms. The predicted octanol–water partition coefficient (Wildman–Crippen LogP) is 5.80. The summed E-state index contributed by atoms with van der Waals surface area (Å²) in [6.45, 7) is 15.2.